The smallest absolute Gasteiger partial charge is 0.343 e. The quantitative estimate of drug-likeness (QED) is 0.737. The van der Waals surface area contributed by atoms with E-state index in [2.05, 4.69) is 15.8 Å². The van der Waals surface area contributed by atoms with Gasteiger partial charge in [0.25, 0.3) is 0 Å². The predicted molar refractivity (Wildman–Crippen MR) is 87.3 cm³/mol. The summed E-state index contributed by atoms with van der Waals surface area (Å²) in [5, 5.41) is 6.90. The molecular formula is C15H14N2O2S2. The summed E-state index contributed by atoms with van der Waals surface area (Å²) in [7, 11) is 1.77. The molecule has 3 rings (SSSR count). The Bertz CT molecular complexity index is 792. The number of hydrogen-bond donors (Lipinski definition) is 1. The van der Waals surface area contributed by atoms with Gasteiger partial charge in [-0.15, -0.1) is 11.3 Å². The molecule has 2 aromatic heterocycles. The highest BCUT2D eigenvalue weighted by Gasteiger charge is 2.19. The summed E-state index contributed by atoms with van der Waals surface area (Å²) < 4.78 is 10.8. The fraction of sp³-hybridized carbons (Fsp3) is 0.200. The zero-order valence-corrected chi connectivity index (χ0v) is 13.3. The van der Waals surface area contributed by atoms with E-state index in [0.29, 0.717) is 11.3 Å². The van der Waals surface area contributed by atoms with Crippen molar-refractivity contribution < 1.29 is 9.53 Å². The zero-order valence-electron chi connectivity index (χ0n) is 11.7. The summed E-state index contributed by atoms with van der Waals surface area (Å²) in [6.45, 7) is 2.09. The van der Waals surface area contributed by atoms with Gasteiger partial charge in [-0.3, -0.25) is 0 Å². The van der Waals surface area contributed by atoms with Gasteiger partial charge in [-0.1, -0.05) is 18.2 Å². The summed E-state index contributed by atoms with van der Waals surface area (Å²) in [5.74, 6) is -0.333. The molecule has 0 spiro atoms. The van der Waals surface area contributed by atoms with Crippen LogP contribution in [0.1, 0.15) is 21.6 Å². The second-order valence-electron chi connectivity index (χ2n) is 4.56. The van der Waals surface area contributed by atoms with E-state index in [1.165, 1.54) is 16.2 Å². The van der Waals surface area contributed by atoms with Crippen LogP contribution in [0.3, 0.4) is 0 Å². The van der Waals surface area contributed by atoms with Crippen molar-refractivity contribution in [1.82, 2.24) is 4.37 Å². The maximum Gasteiger partial charge on any atom is 0.343 e. The number of benzene rings is 1. The van der Waals surface area contributed by atoms with Gasteiger partial charge in [-0.25, -0.2) is 4.79 Å². The third kappa shape index (κ3) is 2.64. The van der Waals surface area contributed by atoms with Crippen LogP contribution in [0.15, 0.2) is 29.6 Å². The van der Waals surface area contributed by atoms with Gasteiger partial charge in [0.15, 0.2) is 0 Å². The fourth-order valence-corrected chi connectivity index (χ4v) is 3.82. The first kappa shape index (κ1) is 14.0. The van der Waals surface area contributed by atoms with E-state index in [-0.39, 0.29) is 12.6 Å². The number of ether oxygens (including phenoxy) is 1. The summed E-state index contributed by atoms with van der Waals surface area (Å²) in [6, 6.07) is 8.11. The largest absolute Gasteiger partial charge is 0.457 e. The van der Waals surface area contributed by atoms with Crippen molar-refractivity contribution >= 4 is 43.9 Å². The maximum absolute atomic E-state index is 12.2. The third-order valence-electron chi connectivity index (χ3n) is 3.21. The van der Waals surface area contributed by atoms with E-state index < -0.39 is 0 Å². The van der Waals surface area contributed by atoms with Crippen molar-refractivity contribution in [3.05, 3.63) is 46.5 Å². The molecule has 6 heteroatoms. The predicted octanol–water partition coefficient (Wildman–Crippen LogP) is 4.06. The molecule has 3 aromatic rings. The molecule has 4 nitrogen and oxygen atoms in total. The van der Waals surface area contributed by atoms with E-state index in [9.17, 15) is 4.79 Å². The highest BCUT2D eigenvalue weighted by atomic mass is 32.1. The number of rotatable bonds is 4. The molecule has 0 aliphatic heterocycles. The summed E-state index contributed by atoms with van der Waals surface area (Å²) in [6.07, 6.45) is 0. The molecule has 108 valence electrons. The molecule has 21 heavy (non-hydrogen) atoms. The second kappa shape index (κ2) is 5.83. The molecule has 0 radical (unpaired) electrons. The van der Waals surface area contributed by atoms with Gasteiger partial charge < -0.3 is 10.1 Å². The van der Waals surface area contributed by atoms with Crippen molar-refractivity contribution in [3.8, 4) is 0 Å². The number of fused-ring (bicyclic) bond motifs is 1. The lowest BCUT2D eigenvalue weighted by atomic mass is 10.2. The minimum Gasteiger partial charge on any atom is -0.457 e. The fourth-order valence-electron chi connectivity index (χ4n) is 2.14. The first-order valence-corrected chi connectivity index (χ1v) is 8.12. The molecule has 0 bridgehead atoms. The normalized spacial score (nSPS) is 10.8. The minimum absolute atomic E-state index is 0.279. The number of hydrogen-bond acceptors (Lipinski definition) is 6. The van der Waals surface area contributed by atoms with E-state index >= 15 is 0 Å². The Hall–Kier alpha value is -1.92. The van der Waals surface area contributed by atoms with Gasteiger partial charge >= 0.3 is 5.97 Å². The number of anilines is 1. The highest BCUT2D eigenvalue weighted by Crippen LogP contribution is 2.28. The highest BCUT2D eigenvalue weighted by molar-refractivity contribution is 7.17. The molecule has 0 saturated carbocycles. The maximum atomic E-state index is 12.2. The number of nitrogens with zero attached hydrogens (tertiary/aromatic N) is 1. The first-order valence-electron chi connectivity index (χ1n) is 6.47. The van der Waals surface area contributed by atoms with Crippen molar-refractivity contribution in [2.75, 3.05) is 12.4 Å². The lowest BCUT2D eigenvalue weighted by Crippen LogP contribution is -2.08. The second-order valence-corrected chi connectivity index (χ2v) is 6.24. The number of thiophene rings is 1. The molecule has 0 unspecified atom stereocenters. The van der Waals surface area contributed by atoms with Crippen LogP contribution < -0.4 is 5.32 Å². The monoisotopic (exact) mass is 318 g/mol. The van der Waals surface area contributed by atoms with Crippen molar-refractivity contribution in [2.24, 2.45) is 0 Å². The SMILES string of the molecule is CNc1snc(C)c1C(=O)OCc1csc2ccccc12. The number of carbonyl (C=O) groups excluding carboxylic acids is 1. The molecule has 0 saturated heterocycles. The van der Waals surface area contributed by atoms with Gasteiger partial charge in [-0.05, 0) is 35.3 Å². The molecule has 0 aliphatic rings. The molecule has 1 N–H and O–H groups in total. The Labute approximate surface area is 130 Å². The Morgan fingerprint density at radius 1 is 1.38 bits per heavy atom. The van der Waals surface area contributed by atoms with E-state index in [1.807, 2.05) is 30.5 Å². The van der Waals surface area contributed by atoms with Gasteiger partial charge in [0.05, 0.1) is 5.69 Å². The third-order valence-corrected chi connectivity index (χ3v) is 5.18. The lowest BCUT2D eigenvalue weighted by molar-refractivity contribution is 0.0475. The number of nitrogens with one attached hydrogen (secondary N) is 1. The van der Waals surface area contributed by atoms with Gasteiger partial charge in [0.2, 0.25) is 0 Å². The molecule has 0 aliphatic carbocycles. The Morgan fingerprint density at radius 2 is 2.19 bits per heavy atom. The Morgan fingerprint density at radius 3 is 3.00 bits per heavy atom. The van der Waals surface area contributed by atoms with Crippen LogP contribution >= 0.6 is 22.9 Å². The standard InChI is InChI=1S/C15H14N2O2S2/c1-9-13(14(16-2)21-17-9)15(18)19-7-10-8-20-12-6-4-3-5-11(10)12/h3-6,8,16H,7H2,1-2H3. The van der Waals surface area contributed by atoms with Gasteiger partial charge in [0.1, 0.15) is 17.2 Å². The van der Waals surface area contributed by atoms with Crippen LogP contribution in [0, 0.1) is 6.92 Å². The summed E-state index contributed by atoms with van der Waals surface area (Å²) in [4.78, 5) is 12.2. The first-order chi connectivity index (χ1) is 10.2. The van der Waals surface area contributed by atoms with Gasteiger partial charge in [-0.2, -0.15) is 4.37 Å². The van der Waals surface area contributed by atoms with Crippen LogP contribution in [-0.4, -0.2) is 17.4 Å². The van der Waals surface area contributed by atoms with Crippen LogP contribution in [0.25, 0.3) is 10.1 Å². The Kier molecular flexibility index (Phi) is 3.90. The molecular weight excluding hydrogens is 304 g/mol. The van der Waals surface area contributed by atoms with Crippen molar-refractivity contribution in [3.63, 3.8) is 0 Å². The van der Waals surface area contributed by atoms with Crippen molar-refractivity contribution in [2.45, 2.75) is 13.5 Å². The van der Waals surface area contributed by atoms with E-state index in [1.54, 1.807) is 18.4 Å². The van der Waals surface area contributed by atoms with Crippen LogP contribution in [-0.2, 0) is 11.3 Å². The Balaban J connectivity index is 1.78. The van der Waals surface area contributed by atoms with Crippen LogP contribution in [0.2, 0.25) is 0 Å². The van der Waals surface area contributed by atoms with Crippen molar-refractivity contribution in [1.29, 1.82) is 0 Å². The average Bonchev–Trinajstić information content (AvgIpc) is 3.08. The topological polar surface area (TPSA) is 51.2 Å². The zero-order chi connectivity index (χ0) is 14.8. The summed E-state index contributed by atoms with van der Waals surface area (Å²) in [5.41, 5.74) is 2.27. The molecule has 0 fully saturated rings. The lowest BCUT2D eigenvalue weighted by Gasteiger charge is -2.05. The molecule has 1 aromatic carbocycles. The van der Waals surface area contributed by atoms with Gasteiger partial charge in [0, 0.05) is 17.3 Å². The molecule has 0 atom stereocenters. The van der Waals surface area contributed by atoms with E-state index in [0.717, 1.165) is 16.0 Å². The van der Waals surface area contributed by atoms with Crippen LogP contribution in [0.5, 0.6) is 0 Å². The summed E-state index contributed by atoms with van der Waals surface area (Å²) >= 11 is 2.93. The van der Waals surface area contributed by atoms with Crippen LogP contribution in [0.4, 0.5) is 5.00 Å². The van der Waals surface area contributed by atoms with E-state index in [4.69, 9.17) is 4.74 Å². The number of carbonyl (C=O) groups is 1. The minimum atomic E-state index is -0.333. The molecule has 2 heterocycles. The number of aryl methyl sites for hydroxylation is 1. The average molecular weight is 318 g/mol. The number of esters is 1. The number of aromatic nitrogens is 1. The molecule has 0 amide bonds.